The van der Waals surface area contributed by atoms with Crippen LogP contribution in [0.15, 0.2) is 48.0 Å². The fourth-order valence-corrected chi connectivity index (χ4v) is 2.17. The zero-order valence-corrected chi connectivity index (χ0v) is 14.7. The highest BCUT2D eigenvalue weighted by Crippen LogP contribution is 2.27. The third-order valence-electron chi connectivity index (χ3n) is 3.30. The molecule has 0 fully saturated rings. The predicted octanol–water partition coefficient (Wildman–Crippen LogP) is 3.91. The molecular weight excluding hydrogens is 352 g/mol. The van der Waals surface area contributed by atoms with E-state index >= 15 is 0 Å². The summed E-state index contributed by atoms with van der Waals surface area (Å²) in [6, 6.07) is 13.5. The Labute approximate surface area is 156 Å². The summed E-state index contributed by atoms with van der Waals surface area (Å²) < 4.78 is 10.6. The number of anilines is 1. The van der Waals surface area contributed by atoms with E-state index in [0.29, 0.717) is 27.8 Å². The molecule has 1 amide bonds. The van der Waals surface area contributed by atoms with Crippen molar-refractivity contribution in [2.45, 2.75) is 0 Å². The summed E-state index contributed by atoms with van der Waals surface area (Å²) in [6.07, 6.45) is 6.65. The number of ether oxygens (including phenoxy) is 2. The number of carbonyl (C=O) groups excluding carboxylic acids is 1. The van der Waals surface area contributed by atoms with E-state index in [0.717, 1.165) is 0 Å². The van der Waals surface area contributed by atoms with Crippen molar-refractivity contribution in [2.75, 3.05) is 19.0 Å². The second kappa shape index (κ2) is 9.17. The number of hydrogen-bond acceptors (Lipinski definition) is 4. The van der Waals surface area contributed by atoms with Crippen LogP contribution in [0.1, 0.15) is 5.56 Å². The topological polar surface area (TPSA) is 71.3 Å². The second-order valence-electron chi connectivity index (χ2n) is 5.03. The molecule has 0 aliphatic rings. The molecule has 0 saturated heterocycles. The molecule has 2 aromatic rings. The van der Waals surface area contributed by atoms with E-state index < -0.39 is 5.91 Å². The zero-order valence-electron chi connectivity index (χ0n) is 14.0. The summed E-state index contributed by atoms with van der Waals surface area (Å²) in [7, 11) is 1.52. The molecule has 6 heteroatoms. The van der Waals surface area contributed by atoms with Crippen molar-refractivity contribution in [2.24, 2.45) is 0 Å². The van der Waals surface area contributed by atoms with Crippen molar-refractivity contribution < 1.29 is 14.3 Å². The first-order chi connectivity index (χ1) is 12.6. The molecule has 130 valence electrons. The maximum absolute atomic E-state index is 12.3. The molecule has 1 N–H and O–H groups in total. The van der Waals surface area contributed by atoms with Crippen molar-refractivity contribution in [3.63, 3.8) is 0 Å². The summed E-state index contributed by atoms with van der Waals surface area (Å²) >= 11 is 5.81. The van der Waals surface area contributed by atoms with Gasteiger partial charge in [-0.1, -0.05) is 17.5 Å². The highest BCUT2D eigenvalue weighted by molar-refractivity contribution is 6.30. The summed E-state index contributed by atoms with van der Waals surface area (Å²) in [4.78, 5) is 12.3. The van der Waals surface area contributed by atoms with Crippen LogP contribution >= 0.6 is 11.6 Å². The third kappa shape index (κ3) is 5.04. The first-order valence-corrected chi connectivity index (χ1v) is 7.88. The first-order valence-electron chi connectivity index (χ1n) is 7.50. The number of nitrogens with zero attached hydrogens (tertiary/aromatic N) is 1. The van der Waals surface area contributed by atoms with Gasteiger partial charge < -0.3 is 14.8 Å². The van der Waals surface area contributed by atoms with Gasteiger partial charge in [-0.3, -0.25) is 4.79 Å². The highest BCUT2D eigenvalue weighted by Gasteiger charge is 2.12. The van der Waals surface area contributed by atoms with Crippen LogP contribution in [0.3, 0.4) is 0 Å². The maximum Gasteiger partial charge on any atom is 0.266 e. The number of rotatable bonds is 6. The van der Waals surface area contributed by atoms with Gasteiger partial charge in [-0.25, -0.2) is 0 Å². The lowest BCUT2D eigenvalue weighted by Crippen LogP contribution is -2.13. The fourth-order valence-electron chi connectivity index (χ4n) is 2.04. The summed E-state index contributed by atoms with van der Waals surface area (Å²) in [6.45, 7) is 0.0485. The van der Waals surface area contributed by atoms with Gasteiger partial charge in [0.2, 0.25) is 0 Å². The number of hydrogen-bond donors (Lipinski definition) is 1. The Morgan fingerprint density at radius 2 is 2.04 bits per heavy atom. The third-order valence-corrected chi connectivity index (χ3v) is 3.55. The molecule has 0 aliphatic heterocycles. The molecule has 2 aromatic carbocycles. The Kier molecular flexibility index (Phi) is 6.68. The molecule has 5 nitrogen and oxygen atoms in total. The van der Waals surface area contributed by atoms with E-state index in [4.69, 9.17) is 27.5 Å². The van der Waals surface area contributed by atoms with E-state index in [1.165, 1.54) is 13.2 Å². The molecule has 0 bridgehead atoms. The molecule has 0 spiro atoms. The van der Waals surface area contributed by atoms with Gasteiger partial charge in [-0.05, 0) is 42.5 Å². The van der Waals surface area contributed by atoms with Crippen molar-refractivity contribution >= 4 is 29.3 Å². The lowest BCUT2D eigenvalue weighted by molar-refractivity contribution is -0.112. The highest BCUT2D eigenvalue weighted by atomic mass is 35.5. The Morgan fingerprint density at radius 3 is 2.65 bits per heavy atom. The number of halogens is 1. The SMILES string of the molecule is C#CCOc1cc(OC)ccc1/C=C(\C#N)C(=O)Nc1ccc(Cl)cc1. The van der Waals surface area contributed by atoms with E-state index in [1.54, 1.807) is 42.5 Å². The number of amides is 1. The fraction of sp³-hybridized carbons (Fsp3) is 0.100. The quantitative estimate of drug-likeness (QED) is 0.478. The van der Waals surface area contributed by atoms with Gasteiger partial charge in [0, 0.05) is 22.3 Å². The van der Waals surface area contributed by atoms with Crippen LogP contribution in [-0.2, 0) is 4.79 Å². The minimum Gasteiger partial charge on any atom is -0.497 e. The molecule has 0 atom stereocenters. The van der Waals surface area contributed by atoms with Crippen molar-refractivity contribution in [1.82, 2.24) is 0 Å². The van der Waals surface area contributed by atoms with Gasteiger partial charge in [0.25, 0.3) is 5.91 Å². The van der Waals surface area contributed by atoms with Crippen LogP contribution in [-0.4, -0.2) is 19.6 Å². The number of carbonyl (C=O) groups is 1. The van der Waals surface area contributed by atoms with Crippen LogP contribution in [0.4, 0.5) is 5.69 Å². The van der Waals surface area contributed by atoms with Gasteiger partial charge >= 0.3 is 0 Å². The molecule has 0 aliphatic carbocycles. The van der Waals surface area contributed by atoms with E-state index in [1.807, 2.05) is 6.07 Å². The van der Waals surface area contributed by atoms with E-state index in [2.05, 4.69) is 11.2 Å². The molecule has 2 rings (SSSR count). The lowest BCUT2D eigenvalue weighted by Gasteiger charge is -2.10. The van der Waals surface area contributed by atoms with Gasteiger partial charge in [-0.2, -0.15) is 5.26 Å². The van der Waals surface area contributed by atoms with Crippen molar-refractivity contribution in [3.8, 4) is 29.9 Å². The maximum atomic E-state index is 12.3. The number of methoxy groups -OCH3 is 1. The minimum absolute atomic E-state index is 0.0485. The van der Waals surface area contributed by atoms with Gasteiger partial charge in [-0.15, -0.1) is 6.42 Å². The van der Waals surface area contributed by atoms with Crippen LogP contribution < -0.4 is 14.8 Å². The molecule has 0 unspecified atom stereocenters. The van der Waals surface area contributed by atoms with Gasteiger partial charge in [0.15, 0.2) is 0 Å². The predicted molar refractivity (Wildman–Crippen MR) is 101 cm³/mol. The van der Waals surface area contributed by atoms with Crippen LogP contribution in [0, 0.1) is 23.7 Å². The second-order valence-corrected chi connectivity index (χ2v) is 5.46. The largest absolute Gasteiger partial charge is 0.497 e. The van der Waals surface area contributed by atoms with Crippen molar-refractivity contribution in [1.29, 1.82) is 5.26 Å². The average Bonchev–Trinajstić information content (AvgIpc) is 2.66. The number of terminal acetylenes is 1. The molecule has 0 radical (unpaired) electrons. The molecular formula is C20H15ClN2O3. The number of nitrogens with one attached hydrogen (secondary N) is 1. The van der Waals surface area contributed by atoms with Crippen LogP contribution in [0.5, 0.6) is 11.5 Å². The Bertz CT molecular complexity index is 906. The standard InChI is InChI=1S/C20H15ClN2O3/c1-3-10-26-19-12-18(25-2)9-4-14(19)11-15(13-22)20(24)23-17-7-5-16(21)6-8-17/h1,4-9,11-12H,10H2,2H3,(H,23,24)/b15-11+. The molecule has 26 heavy (non-hydrogen) atoms. The normalized spacial score (nSPS) is 10.4. The Morgan fingerprint density at radius 1 is 1.31 bits per heavy atom. The number of nitriles is 1. The molecule has 0 aromatic heterocycles. The van der Waals surface area contributed by atoms with Gasteiger partial charge in [0.05, 0.1) is 7.11 Å². The molecule has 0 heterocycles. The van der Waals surface area contributed by atoms with Crippen molar-refractivity contribution in [3.05, 3.63) is 58.6 Å². The average molecular weight is 367 g/mol. The van der Waals surface area contributed by atoms with Crippen LogP contribution in [0.2, 0.25) is 5.02 Å². The lowest BCUT2D eigenvalue weighted by atomic mass is 10.1. The summed E-state index contributed by atoms with van der Waals surface area (Å²) in [5.41, 5.74) is 0.971. The summed E-state index contributed by atoms with van der Waals surface area (Å²) in [5.74, 6) is 2.80. The zero-order chi connectivity index (χ0) is 18.9. The van der Waals surface area contributed by atoms with Crippen LogP contribution in [0.25, 0.3) is 6.08 Å². The first kappa shape index (κ1) is 18.9. The molecule has 0 saturated carbocycles. The Balaban J connectivity index is 2.29. The van der Waals surface area contributed by atoms with Gasteiger partial charge in [0.1, 0.15) is 29.7 Å². The smallest absolute Gasteiger partial charge is 0.266 e. The minimum atomic E-state index is -0.548. The van der Waals surface area contributed by atoms with E-state index in [-0.39, 0.29) is 12.2 Å². The number of benzene rings is 2. The monoisotopic (exact) mass is 366 g/mol. The van der Waals surface area contributed by atoms with E-state index in [9.17, 15) is 10.1 Å². The summed E-state index contributed by atoms with van der Waals surface area (Å²) in [5, 5.41) is 12.5. The Hall–Kier alpha value is -3.41.